The lowest BCUT2D eigenvalue weighted by Crippen LogP contribution is -2.14. The van der Waals surface area contributed by atoms with Crippen molar-refractivity contribution >= 4 is 12.4 Å². The van der Waals surface area contributed by atoms with E-state index in [1.165, 1.54) is 6.07 Å². The van der Waals surface area contributed by atoms with Crippen LogP contribution in [0, 0.1) is 11.6 Å². The fraction of sp³-hybridized carbons (Fsp3) is 0.250. The van der Waals surface area contributed by atoms with Crippen LogP contribution in [0.15, 0.2) is 18.2 Å². The Bertz CT molecular complexity index is 283. The van der Waals surface area contributed by atoms with Gasteiger partial charge in [0, 0.05) is 0 Å². The summed E-state index contributed by atoms with van der Waals surface area (Å²) in [5.41, 5.74) is 5.76. The van der Waals surface area contributed by atoms with Crippen molar-refractivity contribution < 1.29 is 13.9 Å². The maximum Gasteiger partial charge on any atom is 0.159 e. The van der Waals surface area contributed by atoms with Gasteiger partial charge in [-0.2, -0.15) is 0 Å². The topological polar surface area (TPSA) is 46.2 Å². The van der Waals surface area contributed by atoms with Gasteiger partial charge in [0.05, 0.1) is 12.6 Å². The Morgan fingerprint density at radius 2 is 1.92 bits per heavy atom. The summed E-state index contributed by atoms with van der Waals surface area (Å²) in [7, 11) is 0. The van der Waals surface area contributed by atoms with Gasteiger partial charge in [-0.15, -0.1) is 12.4 Å². The maximum absolute atomic E-state index is 12.6. The zero-order valence-electron chi connectivity index (χ0n) is 6.71. The zero-order chi connectivity index (χ0) is 9.14. The molecule has 0 heterocycles. The fourth-order valence-corrected chi connectivity index (χ4v) is 0.848. The first-order chi connectivity index (χ1) is 5.65. The van der Waals surface area contributed by atoms with E-state index in [4.69, 9.17) is 10.8 Å². The molecule has 1 unspecified atom stereocenters. The molecule has 13 heavy (non-hydrogen) atoms. The predicted molar refractivity (Wildman–Crippen MR) is 47.6 cm³/mol. The zero-order valence-corrected chi connectivity index (χ0v) is 7.52. The Hall–Kier alpha value is -0.710. The van der Waals surface area contributed by atoms with Gasteiger partial charge in [0.2, 0.25) is 0 Å². The largest absolute Gasteiger partial charge is 0.394 e. The summed E-state index contributed by atoms with van der Waals surface area (Å²) in [5.74, 6) is -1.86. The molecule has 0 aromatic heterocycles. The van der Waals surface area contributed by atoms with Crippen molar-refractivity contribution in [3.05, 3.63) is 35.4 Å². The third-order valence-corrected chi connectivity index (χ3v) is 1.57. The molecule has 0 fully saturated rings. The van der Waals surface area contributed by atoms with Crippen molar-refractivity contribution in [2.75, 3.05) is 6.61 Å². The van der Waals surface area contributed by atoms with Crippen LogP contribution in [0.25, 0.3) is 0 Å². The van der Waals surface area contributed by atoms with E-state index < -0.39 is 17.7 Å². The molecule has 0 saturated heterocycles. The fourth-order valence-electron chi connectivity index (χ4n) is 0.848. The number of hydrogen-bond acceptors (Lipinski definition) is 2. The molecule has 3 N–H and O–H groups in total. The van der Waals surface area contributed by atoms with Crippen molar-refractivity contribution in [3.8, 4) is 0 Å². The number of halogens is 3. The molecule has 1 rings (SSSR count). The second-order valence-electron chi connectivity index (χ2n) is 2.46. The highest BCUT2D eigenvalue weighted by Crippen LogP contribution is 2.13. The summed E-state index contributed by atoms with van der Waals surface area (Å²) in [6.07, 6.45) is 0. The monoisotopic (exact) mass is 209 g/mol. The molecule has 0 aliphatic rings. The van der Waals surface area contributed by atoms with E-state index in [-0.39, 0.29) is 19.0 Å². The molecule has 0 aliphatic heterocycles. The Labute approximate surface area is 80.8 Å². The van der Waals surface area contributed by atoms with Crippen molar-refractivity contribution in [2.45, 2.75) is 6.04 Å². The van der Waals surface area contributed by atoms with E-state index in [0.29, 0.717) is 5.56 Å². The summed E-state index contributed by atoms with van der Waals surface area (Å²) in [5, 5.41) is 8.61. The second-order valence-corrected chi connectivity index (χ2v) is 2.46. The average molecular weight is 210 g/mol. The highest BCUT2D eigenvalue weighted by molar-refractivity contribution is 5.85. The maximum atomic E-state index is 12.6. The molecule has 0 saturated carbocycles. The molecule has 0 amide bonds. The van der Waals surface area contributed by atoms with E-state index in [1.807, 2.05) is 0 Å². The first kappa shape index (κ1) is 12.3. The first-order valence-electron chi connectivity index (χ1n) is 3.46. The smallest absolute Gasteiger partial charge is 0.159 e. The second kappa shape index (κ2) is 5.11. The SMILES string of the molecule is Cl.NC(CO)c1ccc(F)c(F)c1. The van der Waals surface area contributed by atoms with E-state index >= 15 is 0 Å². The van der Waals surface area contributed by atoms with Gasteiger partial charge in [-0.25, -0.2) is 8.78 Å². The predicted octanol–water partition coefficient (Wildman–Crippen LogP) is 1.38. The summed E-state index contributed by atoms with van der Waals surface area (Å²) in [6, 6.07) is 2.66. The van der Waals surface area contributed by atoms with Crippen LogP contribution in [0.1, 0.15) is 11.6 Å². The van der Waals surface area contributed by atoms with Gasteiger partial charge >= 0.3 is 0 Å². The van der Waals surface area contributed by atoms with Crippen LogP contribution in [0.3, 0.4) is 0 Å². The minimum absolute atomic E-state index is 0. The van der Waals surface area contributed by atoms with Crippen LogP contribution >= 0.6 is 12.4 Å². The van der Waals surface area contributed by atoms with Crippen LogP contribution < -0.4 is 5.73 Å². The Morgan fingerprint density at radius 1 is 1.31 bits per heavy atom. The normalized spacial score (nSPS) is 12.0. The van der Waals surface area contributed by atoms with Crippen molar-refractivity contribution in [3.63, 3.8) is 0 Å². The molecule has 1 aromatic carbocycles. The third kappa shape index (κ3) is 2.91. The summed E-state index contributed by atoms with van der Waals surface area (Å²) < 4.78 is 25.0. The lowest BCUT2D eigenvalue weighted by atomic mass is 10.1. The van der Waals surface area contributed by atoms with Gasteiger partial charge < -0.3 is 10.8 Å². The van der Waals surface area contributed by atoms with Gasteiger partial charge in [-0.05, 0) is 17.7 Å². The highest BCUT2D eigenvalue weighted by atomic mass is 35.5. The lowest BCUT2D eigenvalue weighted by molar-refractivity contribution is 0.267. The molecular weight excluding hydrogens is 200 g/mol. The van der Waals surface area contributed by atoms with Gasteiger partial charge in [0.25, 0.3) is 0 Å². The molecule has 74 valence electrons. The molecule has 1 atom stereocenters. The molecule has 0 bridgehead atoms. The Morgan fingerprint density at radius 3 is 2.38 bits per heavy atom. The minimum Gasteiger partial charge on any atom is -0.394 e. The molecule has 0 radical (unpaired) electrons. The molecule has 0 spiro atoms. The van der Waals surface area contributed by atoms with Crippen molar-refractivity contribution in [2.24, 2.45) is 5.73 Å². The number of aliphatic hydroxyl groups excluding tert-OH is 1. The lowest BCUT2D eigenvalue weighted by Gasteiger charge is -2.07. The third-order valence-electron chi connectivity index (χ3n) is 1.57. The molecule has 1 aromatic rings. The number of hydrogen-bond donors (Lipinski definition) is 2. The Kier molecular flexibility index (Phi) is 4.83. The van der Waals surface area contributed by atoms with E-state index in [2.05, 4.69) is 0 Å². The van der Waals surface area contributed by atoms with Crippen molar-refractivity contribution in [1.29, 1.82) is 0 Å². The number of benzene rings is 1. The molecule has 2 nitrogen and oxygen atoms in total. The summed E-state index contributed by atoms with van der Waals surface area (Å²) in [6.45, 7) is -0.287. The number of aliphatic hydroxyl groups is 1. The molecule has 0 aliphatic carbocycles. The number of rotatable bonds is 2. The number of nitrogens with two attached hydrogens (primary N) is 1. The van der Waals surface area contributed by atoms with Crippen LogP contribution in [0.4, 0.5) is 8.78 Å². The van der Waals surface area contributed by atoms with Gasteiger partial charge in [-0.3, -0.25) is 0 Å². The summed E-state index contributed by atoms with van der Waals surface area (Å²) in [4.78, 5) is 0. The minimum atomic E-state index is -0.948. The van der Waals surface area contributed by atoms with Crippen LogP contribution in [0.2, 0.25) is 0 Å². The van der Waals surface area contributed by atoms with Gasteiger partial charge in [0.1, 0.15) is 0 Å². The molecule has 5 heteroatoms. The van der Waals surface area contributed by atoms with Gasteiger partial charge in [0.15, 0.2) is 11.6 Å². The first-order valence-corrected chi connectivity index (χ1v) is 3.46. The van der Waals surface area contributed by atoms with E-state index in [1.54, 1.807) is 0 Å². The summed E-state index contributed by atoms with van der Waals surface area (Å²) >= 11 is 0. The van der Waals surface area contributed by atoms with E-state index in [0.717, 1.165) is 12.1 Å². The van der Waals surface area contributed by atoms with Crippen LogP contribution in [-0.4, -0.2) is 11.7 Å². The van der Waals surface area contributed by atoms with Crippen molar-refractivity contribution in [1.82, 2.24) is 0 Å². The highest BCUT2D eigenvalue weighted by Gasteiger charge is 2.07. The van der Waals surface area contributed by atoms with Gasteiger partial charge in [-0.1, -0.05) is 6.07 Å². The average Bonchev–Trinajstić information content (AvgIpc) is 2.08. The quantitative estimate of drug-likeness (QED) is 0.773. The standard InChI is InChI=1S/C8H9F2NO.ClH/c9-6-2-1-5(3-7(6)10)8(11)4-12;/h1-3,8,12H,4,11H2;1H. The van der Waals surface area contributed by atoms with Crippen LogP contribution in [0.5, 0.6) is 0 Å². The van der Waals surface area contributed by atoms with E-state index in [9.17, 15) is 8.78 Å². The Balaban J connectivity index is 0.00000144. The van der Waals surface area contributed by atoms with Crippen LogP contribution in [-0.2, 0) is 0 Å². The molecular formula is C8H10ClF2NO.